The van der Waals surface area contributed by atoms with E-state index < -0.39 is 0 Å². The quantitative estimate of drug-likeness (QED) is 0.764. The molecule has 0 aliphatic heterocycles. The highest BCUT2D eigenvalue weighted by molar-refractivity contribution is 5.19. The topological polar surface area (TPSA) is 12.0 Å². The summed E-state index contributed by atoms with van der Waals surface area (Å²) in [5.41, 5.74) is 2.66. The summed E-state index contributed by atoms with van der Waals surface area (Å²) < 4.78 is 0. The van der Waals surface area contributed by atoms with Gasteiger partial charge in [0.05, 0.1) is 0 Å². The zero-order valence-electron chi connectivity index (χ0n) is 9.56. The van der Waals surface area contributed by atoms with E-state index in [1.807, 2.05) is 12.1 Å². The lowest BCUT2D eigenvalue weighted by Gasteiger charge is -2.14. The van der Waals surface area contributed by atoms with Crippen LogP contribution in [0.4, 0.5) is 0 Å². The largest absolute Gasteiger partial charge is 0.306 e. The highest BCUT2D eigenvalue weighted by Gasteiger charge is 2.02. The second-order valence-electron chi connectivity index (χ2n) is 4.00. The van der Waals surface area contributed by atoms with E-state index in [1.54, 1.807) is 0 Å². The summed E-state index contributed by atoms with van der Waals surface area (Å²) in [5, 5.41) is 3.52. The maximum absolute atomic E-state index is 3.52. The van der Waals surface area contributed by atoms with Crippen molar-refractivity contribution >= 4 is 0 Å². The Bertz CT molecular complexity index is 408. The second-order valence-corrected chi connectivity index (χ2v) is 4.00. The maximum Gasteiger partial charge on any atom is 0.0294 e. The Morgan fingerprint density at radius 2 is 1.44 bits per heavy atom. The third-order valence-electron chi connectivity index (χ3n) is 2.75. The molecule has 82 valence electrons. The monoisotopic (exact) mass is 212 g/mol. The molecule has 0 bridgehead atoms. The van der Waals surface area contributed by atoms with Gasteiger partial charge in [-0.25, -0.2) is 0 Å². The lowest BCUT2D eigenvalue weighted by atomic mass is 10.1. The van der Waals surface area contributed by atoms with Gasteiger partial charge in [-0.15, -0.1) is 0 Å². The predicted molar refractivity (Wildman–Crippen MR) is 68.1 cm³/mol. The molecule has 0 aliphatic carbocycles. The number of hydrogen-bond acceptors (Lipinski definition) is 1. The first kappa shape index (κ1) is 10.9. The molecule has 2 rings (SSSR count). The van der Waals surface area contributed by atoms with Gasteiger partial charge in [0.15, 0.2) is 0 Å². The summed E-state index contributed by atoms with van der Waals surface area (Å²) in [5.74, 6) is 0. The molecule has 1 atom stereocenters. The minimum Gasteiger partial charge on any atom is -0.306 e. The Morgan fingerprint density at radius 1 is 0.875 bits per heavy atom. The molecule has 16 heavy (non-hydrogen) atoms. The van der Waals surface area contributed by atoms with Crippen LogP contribution >= 0.6 is 0 Å². The van der Waals surface area contributed by atoms with Gasteiger partial charge in [-0.3, -0.25) is 0 Å². The Kier molecular flexibility index (Phi) is 3.73. The molecule has 0 saturated carbocycles. The first-order valence-corrected chi connectivity index (χ1v) is 5.68. The van der Waals surface area contributed by atoms with Gasteiger partial charge in [-0.2, -0.15) is 0 Å². The smallest absolute Gasteiger partial charge is 0.0294 e. The minimum absolute atomic E-state index is 0.390. The van der Waals surface area contributed by atoms with Crippen molar-refractivity contribution < 1.29 is 0 Å². The molecule has 1 nitrogen and oxygen atoms in total. The molecule has 0 fully saturated rings. The summed E-state index contributed by atoms with van der Waals surface area (Å²) in [7, 11) is 0. The van der Waals surface area contributed by atoms with Crippen LogP contribution in [0.5, 0.6) is 0 Å². The molecule has 1 N–H and O–H groups in total. The molecule has 2 aromatic rings. The molecule has 0 aromatic heterocycles. The van der Waals surface area contributed by atoms with Gasteiger partial charge < -0.3 is 5.32 Å². The average Bonchev–Trinajstić information content (AvgIpc) is 2.38. The third kappa shape index (κ3) is 2.94. The maximum atomic E-state index is 3.52. The van der Waals surface area contributed by atoms with Crippen LogP contribution in [0.3, 0.4) is 0 Å². The fourth-order valence-corrected chi connectivity index (χ4v) is 1.73. The van der Waals surface area contributed by atoms with E-state index in [2.05, 4.69) is 60.8 Å². The molecule has 0 amide bonds. The zero-order valence-corrected chi connectivity index (χ0v) is 9.56. The van der Waals surface area contributed by atoms with Crippen LogP contribution < -0.4 is 5.32 Å². The van der Waals surface area contributed by atoms with E-state index in [0.717, 1.165) is 6.54 Å². The first-order chi connectivity index (χ1) is 7.86. The summed E-state index contributed by atoms with van der Waals surface area (Å²) in [6, 6.07) is 21.4. The van der Waals surface area contributed by atoms with Crippen molar-refractivity contribution in [1.82, 2.24) is 5.32 Å². The van der Waals surface area contributed by atoms with Gasteiger partial charge in [-0.1, -0.05) is 60.7 Å². The van der Waals surface area contributed by atoms with Crippen molar-refractivity contribution in [3.63, 3.8) is 0 Å². The second kappa shape index (κ2) is 5.47. The van der Waals surface area contributed by atoms with E-state index in [-0.39, 0.29) is 0 Å². The fourth-order valence-electron chi connectivity index (χ4n) is 1.73. The van der Waals surface area contributed by atoms with Crippen molar-refractivity contribution in [3.8, 4) is 0 Å². The summed E-state index contributed by atoms with van der Waals surface area (Å²) in [4.78, 5) is 0. The number of nitrogens with one attached hydrogen (secondary N) is 1. The minimum atomic E-state index is 0.390. The van der Waals surface area contributed by atoms with Crippen LogP contribution in [0.25, 0.3) is 0 Å². The lowest BCUT2D eigenvalue weighted by Crippen LogP contribution is -2.17. The molecular formula is C15H17N. The van der Waals surface area contributed by atoms with Gasteiger partial charge >= 0.3 is 0 Å². The first-order valence-electron chi connectivity index (χ1n) is 5.68. The fraction of sp³-hybridized carbons (Fsp3) is 0.200. The van der Waals surface area contributed by atoms with Gasteiger partial charge in [0.1, 0.15) is 0 Å². The standard InChI is InChI=1S/C15H17N/c1-13(15-10-6-3-7-11-15)16-12-14-8-4-2-5-9-14/h2-11,13,16H,12H2,1H3/t13-/m0/s1/i16+1. The van der Waals surface area contributed by atoms with Crippen molar-refractivity contribution in [1.29, 1.82) is 0 Å². The van der Waals surface area contributed by atoms with Gasteiger partial charge in [0.2, 0.25) is 0 Å². The van der Waals surface area contributed by atoms with Crippen molar-refractivity contribution in [3.05, 3.63) is 71.8 Å². The van der Waals surface area contributed by atoms with E-state index in [1.165, 1.54) is 11.1 Å². The molecule has 0 radical (unpaired) electrons. The Morgan fingerprint density at radius 3 is 2.06 bits per heavy atom. The Hall–Kier alpha value is -1.60. The SMILES string of the molecule is C[C@H]([15NH]Cc1ccccc1)c1ccccc1. The number of rotatable bonds is 4. The van der Waals surface area contributed by atoms with Crippen LogP contribution in [0.1, 0.15) is 24.1 Å². The molecule has 0 spiro atoms. The van der Waals surface area contributed by atoms with Crippen LogP contribution in [0.2, 0.25) is 0 Å². The molecular weight excluding hydrogens is 195 g/mol. The molecule has 1 heteroatoms. The van der Waals surface area contributed by atoms with Gasteiger partial charge in [-0.05, 0) is 18.1 Å². The van der Waals surface area contributed by atoms with Crippen LogP contribution in [-0.4, -0.2) is 0 Å². The van der Waals surface area contributed by atoms with Gasteiger partial charge in [0.25, 0.3) is 0 Å². The normalized spacial score (nSPS) is 12.3. The lowest BCUT2D eigenvalue weighted by molar-refractivity contribution is 0.575. The highest BCUT2D eigenvalue weighted by atomic mass is 15.6. The van der Waals surface area contributed by atoms with E-state index >= 15 is 0 Å². The molecule has 2 aromatic carbocycles. The molecule has 0 unspecified atom stereocenters. The Balaban J connectivity index is 1.92. The van der Waals surface area contributed by atoms with Gasteiger partial charge in [0, 0.05) is 12.6 Å². The third-order valence-corrected chi connectivity index (χ3v) is 2.75. The molecule has 0 aliphatic rings. The van der Waals surface area contributed by atoms with Crippen LogP contribution in [0.15, 0.2) is 60.7 Å². The molecule has 0 heterocycles. The summed E-state index contributed by atoms with van der Waals surface area (Å²) >= 11 is 0. The predicted octanol–water partition coefficient (Wildman–Crippen LogP) is 3.54. The van der Waals surface area contributed by atoms with Crippen molar-refractivity contribution in [2.45, 2.75) is 19.5 Å². The zero-order chi connectivity index (χ0) is 11.2. The highest BCUT2D eigenvalue weighted by Crippen LogP contribution is 2.11. The summed E-state index contributed by atoms with van der Waals surface area (Å²) in [6.45, 7) is 3.11. The summed E-state index contributed by atoms with van der Waals surface area (Å²) in [6.07, 6.45) is 0. The van der Waals surface area contributed by atoms with E-state index in [0.29, 0.717) is 6.04 Å². The van der Waals surface area contributed by atoms with Crippen LogP contribution in [0, 0.1) is 0 Å². The van der Waals surface area contributed by atoms with Crippen LogP contribution in [-0.2, 0) is 6.54 Å². The van der Waals surface area contributed by atoms with E-state index in [4.69, 9.17) is 0 Å². The van der Waals surface area contributed by atoms with Crippen molar-refractivity contribution in [2.24, 2.45) is 0 Å². The van der Waals surface area contributed by atoms with E-state index in [9.17, 15) is 0 Å². The Labute approximate surface area is 97.1 Å². The average molecular weight is 212 g/mol. The van der Waals surface area contributed by atoms with Crippen molar-refractivity contribution in [2.75, 3.05) is 0 Å². The number of hydrogen-bond donors (Lipinski definition) is 1. The molecule has 0 saturated heterocycles. The number of benzene rings is 2.